The Labute approximate surface area is 186 Å². The van der Waals surface area contributed by atoms with Crippen molar-refractivity contribution in [2.24, 2.45) is 0 Å². The van der Waals surface area contributed by atoms with Gasteiger partial charge in [-0.15, -0.1) is 0 Å². The summed E-state index contributed by atoms with van der Waals surface area (Å²) in [6.45, 7) is 3.11. The molecule has 9 nitrogen and oxygen atoms in total. The van der Waals surface area contributed by atoms with Gasteiger partial charge in [0.05, 0.1) is 19.8 Å². The lowest BCUT2D eigenvalue weighted by atomic mass is 10.1. The normalized spacial score (nSPS) is 19.2. The number of pyridine rings is 1. The average molecular weight is 447 g/mol. The van der Waals surface area contributed by atoms with Gasteiger partial charge in [0.25, 0.3) is 5.56 Å². The van der Waals surface area contributed by atoms with E-state index in [1.165, 1.54) is 13.2 Å². The van der Waals surface area contributed by atoms with E-state index < -0.39 is 5.97 Å². The number of aromatic nitrogens is 1. The lowest BCUT2D eigenvalue weighted by Crippen LogP contribution is -2.30. The van der Waals surface area contributed by atoms with E-state index in [9.17, 15) is 14.7 Å². The molecule has 2 aliphatic rings. The van der Waals surface area contributed by atoms with Gasteiger partial charge in [0, 0.05) is 44.4 Å². The van der Waals surface area contributed by atoms with Crippen LogP contribution in [0.25, 0.3) is 0 Å². The molecular weight excluding hydrogens is 416 g/mol. The maximum Gasteiger partial charge on any atom is 0.343 e. The van der Waals surface area contributed by atoms with Crippen LogP contribution in [0.4, 0.5) is 0 Å². The summed E-state index contributed by atoms with van der Waals surface area (Å²) < 4.78 is 23.9. The Kier molecular flexibility index (Phi) is 7.29. The molecule has 2 aliphatic heterocycles. The third-order valence-electron chi connectivity index (χ3n) is 6.03. The molecule has 1 atom stereocenters. The van der Waals surface area contributed by atoms with Crippen molar-refractivity contribution in [3.8, 4) is 5.75 Å². The number of carbonyl (C=O) groups excluding carboxylic acids is 1. The summed E-state index contributed by atoms with van der Waals surface area (Å²) in [6, 6.07) is 4.98. The molecule has 1 unspecified atom stereocenters. The number of rotatable bonds is 7. The lowest BCUT2D eigenvalue weighted by Gasteiger charge is -2.24. The van der Waals surface area contributed by atoms with E-state index in [2.05, 4.69) is 4.90 Å². The first-order valence-electron chi connectivity index (χ1n) is 11.1. The molecule has 0 bridgehead atoms. The highest BCUT2D eigenvalue weighted by atomic mass is 16.5. The van der Waals surface area contributed by atoms with Gasteiger partial charge in [0.1, 0.15) is 36.0 Å². The Balaban J connectivity index is 1.55. The number of hydrogen-bond donors (Lipinski definition) is 1. The highest BCUT2D eigenvalue weighted by Gasteiger charge is 2.27. The molecule has 2 aromatic rings. The van der Waals surface area contributed by atoms with Crippen LogP contribution in [0, 0.1) is 0 Å². The smallest absolute Gasteiger partial charge is 0.343 e. The van der Waals surface area contributed by atoms with Gasteiger partial charge >= 0.3 is 5.97 Å². The fourth-order valence-corrected chi connectivity index (χ4v) is 4.32. The molecule has 4 rings (SSSR count). The molecule has 0 spiro atoms. The Hall–Kier alpha value is -2.62. The Morgan fingerprint density at radius 3 is 2.78 bits per heavy atom. The molecule has 0 amide bonds. The van der Waals surface area contributed by atoms with Gasteiger partial charge in [0.2, 0.25) is 0 Å². The molecule has 2 aromatic heterocycles. The second-order valence-corrected chi connectivity index (χ2v) is 8.16. The van der Waals surface area contributed by atoms with Crippen molar-refractivity contribution in [2.45, 2.75) is 51.5 Å². The van der Waals surface area contributed by atoms with E-state index in [-0.39, 0.29) is 24.0 Å². The molecule has 0 radical (unpaired) electrons. The van der Waals surface area contributed by atoms with Crippen LogP contribution in [0.15, 0.2) is 27.4 Å². The first kappa shape index (κ1) is 22.6. The maximum absolute atomic E-state index is 12.9. The Bertz CT molecular complexity index is 991. The molecule has 1 fully saturated rings. The number of aliphatic hydroxyl groups is 1. The van der Waals surface area contributed by atoms with Gasteiger partial charge in [-0.25, -0.2) is 4.79 Å². The zero-order valence-corrected chi connectivity index (χ0v) is 18.4. The molecule has 0 aromatic carbocycles. The molecule has 9 heteroatoms. The summed E-state index contributed by atoms with van der Waals surface area (Å²) in [5.74, 6) is 1.01. The minimum Gasteiger partial charge on any atom is -0.490 e. The zero-order valence-electron chi connectivity index (χ0n) is 18.4. The van der Waals surface area contributed by atoms with Gasteiger partial charge in [-0.1, -0.05) is 0 Å². The van der Waals surface area contributed by atoms with Crippen molar-refractivity contribution in [1.29, 1.82) is 0 Å². The summed E-state index contributed by atoms with van der Waals surface area (Å²) in [6.07, 6.45) is 3.47. The number of carbonyl (C=O) groups is 1. The van der Waals surface area contributed by atoms with E-state index in [1.807, 2.05) is 6.07 Å². The Morgan fingerprint density at radius 1 is 1.22 bits per heavy atom. The summed E-state index contributed by atoms with van der Waals surface area (Å²) >= 11 is 0. The molecule has 4 heterocycles. The fourth-order valence-electron chi connectivity index (χ4n) is 4.32. The summed E-state index contributed by atoms with van der Waals surface area (Å²) in [5.41, 5.74) is 0.738. The first-order valence-corrected chi connectivity index (χ1v) is 11.1. The zero-order chi connectivity index (χ0) is 22.5. The van der Waals surface area contributed by atoms with Crippen molar-refractivity contribution in [3.05, 3.63) is 51.3 Å². The van der Waals surface area contributed by atoms with Crippen LogP contribution in [-0.2, 0) is 35.6 Å². The van der Waals surface area contributed by atoms with Crippen molar-refractivity contribution < 1.29 is 28.5 Å². The van der Waals surface area contributed by atoms with Crippen LogP contribution in [-0.4, -0.2) is 60.1 Å². The maximum atomic E-state index is 12.9. The topological polar surface area (TPSA) is 103 Å². The summed E-state index contributed by atoms with van der Waals surface area (Å²) in [7, 11) is 1.33. The van der Waals surface area contributed by atoms with Crippen LogP contribution < -0.4 is 10.3 Å². The van der Waals surface area contributed by atoms with Gasteiger partial charge < -0.3 is 28.3 Å². The quantitative estimate of drug-likeness (QED) is 0.642. The number of aliphatic hydroxyl groups excluding tert-OH is 1. The number of ether oxygens (including phenoxy) is 3. The van der Waals surface area contributed by atoms with Crippen LogP contribution >= 0.6 is 0 Å². The summed E-state index contributed by atoms with van der Waals surface area (Å²) in [4.78, 5) is 27.7. The number of furan rings is 1. The second-order valence-electron chi connectivity index (χ2n) is 8.16. The minimum absolute atomic E-state index is 0.0385. The largest absolute Gasteiger partial charge is 0.490 e. The van der Waals surface area contributed by atoms with Gasteiger partial charge in [-0.2, -0.15) is 0 Å². The van der Waals surface area contributed by atoms with Crippen molar-refractivity contribution >= 4 is 5.97 Å². The molecule has 0 aliphatic carbocycles. The number of hydrogen-bond acceptors (Lipinski definition) is 8. The van der Waals surface area contributed by atoms with Crippen molar-refractivity contribution in [1.82, 2.24) is 9.47 Å². The van der Waals surface area contributed by atoms with E-state index >= 15 is 0 Å². The Morgan fingerprint density at radius 2 is 2.06 bits per heavy atom. The van der Waals surface area contributed by atoms with E-state index in [0.29, 0.717) is 62.8 Å². The minimum atomic E-state index is -0.514. The number of nitrogens with zero attached hydrogens (tertiary/aromatic N) is 2. The third kappa shape index (κ3) is 5.06. The summed E-state index contributed by atoms with van der Waals surface area (Å²) in [5, 5.41) is 9.20. The molecule has 0 saturated carbocycles. The number of methoxy groups -OCH3 is 1. The highest BCUT2D eigenvalue weighted by molar-refractivity contribution is 5.93. The SMILES string of the molecule is COC(=O)c1c(OCC2CCCCO2)cc(=O)n2c1CCN(Cc1ccc(CO)o1)CC2. The van der Waals surface area contributed by atoms with Crippen molar-refractivity contribution in [2.75, 3.05) is 33.4 Å². The predicted octanol–water partition coefficient (Wildman–Crippen LogP) is 1.73. The van der Waals surface area contributed by atoms with Gasteiger partial charge in [-0.3, -0.25) is 9.69 Å². The van der Waals surface area contributed by atoms with E-state index in [0.717, 1.165) is 25.0 Å². The number of esters is 1. The molecule has 32 heavy (non-hydrogen) atoms. The standard InChI is InChI=1S/C23H30N2O7/c1-29-23(28)22-19-7-8-24(13-16-5-6-17(14-26)32-16)9-10-25(19)21(27)12-20(22)31-15-18-4-2-3-11-30-18/h5-6,12,18,26H,2-4,7-11,13-15H2,1H3. The second kappa shape index (κ2) is 10.3. The van der Waals surface area contributed by atoms with Crippen molar-refractivity contribution in [3.63, 3.8) is 0 Å². The molecule has 1 saturated heterocycles. The molecule has 1 N–H and O–H groups in total. The average Bonchev–Trinajstić information content (AvgIpc) is 3.17. The predicted molar refractivity (Wildman–Crippen MR) is 115 cm³/mol. The van der Waals surface area contributed by atoms with Crippen LogP contribution in [0.3, 0.4) is 0 Å². The van der Waals surface area contributed by atoms with E-state index in [4.69, 9.17) is 18.6 Å². The number of fused-ring (bicyclic) bond motifs is 1. The molecular formula is C23H30N2O7. The third-order valence-corrected chi connectivity index (χ3v) is 6.03. The van der Waals surface area contributed by atoms with E-state index in [1.54, 1.807) is 10.6 Å². The first-order chi connectivity index (χ1) is 15.6. The lowest BCUT2D eigenvalue weighted by molar-refractivity contribution is -0.0114. The van der Waals surface area contributed by atoms with Crippen LogP contribution in [0.5, 0.6) is 5.75 Å². The highest BCUT2D eigenvalue weighted by Crippen LogP contribution is 2.25. The van der Waals surface area contributed by atoms with Crippen LogP contribution in [0.2, 0.25) is 0 Å². The fraction of sp³-hybridized carbons (Fsp3) is 0.565. The van der Waals surface area contributed by atoms with Gasteiger partial charge in [-0.05, 0) is 31.4 Å². The van der Waals surface area contributed by atoms with Crippen LogP contribution in [0.1, 0.15) is 46.8 Å². The molecule has 174 valence electrons. The van der Waals surface area contributed by atoms with Gasteiger partial charge in [0.15, 0.2) is 0 Å². The monoisotopic (exact) mass is 446 g/mol.